The molecule has 0 bridgehead atoms. The lowest BCUT2D eigenvalue weighted by Crippen LogP contribution is -2.15. The van der Waals surface area contributed by atoms with Crippen LogP contribution in [0.2, 0.25) is 0 Å². The van der Waals surface area contributed by atoms with E-state index in [1.165, 1.54) is 59.9 Å². The van der Waals surface area contributed by atoms with Gasteiger partial charge in [-0.15, -0.1) is 0 Å². The Bertz CT molecular complexity index is 3430. The van der Waals surface area contributed by atoms with Crippen molar-refractivity contribution in [2.45, 2.75) is 29.1 Å². The molecule has 0 unspecified atom stereocenters. The lowest BCUT2D eigenvalue weighted by molar-refractivity contribution is 0.477. The molecule has 4 nitrogen and oxygen atoms in total. The fourth-order valence-electron chi connectivity index (χ4n) is 10.4. The average molecular weight is 826 g/mol. The number of para-hydroxylation sites is 6. The summed E-state index contributed by atoms with van der Waals surface area (Å²) < 4.78 is 6.48. The van der Waals surface area contributed by atoms with Gasteiger partial charge in [-0.25, -0.2) is 0 Å². The Morgan fingerprint density at radius 2 is 0.984 bits per heavy atom. The normalized spacial score (nSPS) is 14.0. The maximum Gasteiger partial charge on any atom is 0.151 e. The number of benzene rings is 9. The van der Waals surface area contributed by atoms with Crippen LogP contribution in [0.25, 0.3) is 55.1 Å². The lowest BCUT2D eigenvalue weighted by Gasteiger charge is -2.33. The van der Waals surface area contributed by atoms with E-state index < -0.39 is 0 Å². The predicted molar refractivity (Wildman–Crippen MR) is 261 cm³/mol. The van der Waals surface area contributed by atoms with E-state index in [0.29, 0.717) is 0 Å². The summed E-state index contributed by atoms with van der Waals surface area (Å²) in [6.45, 7) is 4.73. The number of aromatic nitrogens is 1. The minimum absolute atomic E-state index is 0.159. The van der Waals surface area contributed by atoms with Crippen LogP contribution in [0.5, 0.6) is 11.5 Å². The number of ether oxygens (including phenoxy) is 1. The summed E-state index contributed by atoms with van der Waals surface area (Å²) in [6.07, 6.45) is 1.91. The van der Waals surface area contributed by atoms with E-state index in [2.05, 4.69) is 200 Å². The van der Waals surface area contributed by atoms with E-state index >= 15 is 0 Å². The predicted octanol–water partition coefficient (Wildman–Crippen LogP) is 16.5. The third kappa shape index (κ3) is 5.39. The summed E-state index contributed by atoms with van der Waals surface area (Å²) in [5.74, 6) is 1.66. The summed E-state index contributed by atoms with van der Waals surface area (Å²) in [7, 11) is 0. The molecule has 63 heavy (non-hydrogen) atoms. The molecular formula is C58H39N3OS. The maximum atomic E-state index is 6.48. The highest BCUT2D eigenvalue weighted by Crippen LogP contribution is 2.56. The van der Waals surface area contributed by atoms with Crippen LogP contribution < -0.4 is 14.5 Å². The molecule has 13 rings (SSSR count). The molecule has 0 N–H and O–H groups in total. The van der Waals surface area contributed by atoms with Gasteiger partial charge in [-0.1, -0.05) is 129 Å². The molecular weight excluding hydrogens is 787 g/mol. The standard InChI is InChI=1S/C58H39N3OS/c1-58(2)45-16-4-3-15-39(45)40-29-26-36(33-46(40)58)56-41-30-27-38(61-50-20-7-11-24-54(50)63-55-25-12-8-21-51(55)61)35-44(41)57(47-17-13-14-32-59-47)42-31-28-37(34-43(42)56)60-48-18-5-9-22-52(48)62-53-23-10-6-19-49(53)60/h3-35H,1-2H3. The summed E-state index contributed by atoms with van der Waals surface area (Å²) in [6, 6.07) is 70.5. The third-order valence-corrected chi connectivity index (χ3v) is 14.4. The Morgan fingerprint density at radius 3 is 1.65 bits per heavy atom. The van der Waals surface area contributed by atoms with E-state index in [1.54, 1.807) is 0 Å². The maximum absolute atomic E-state index is 6.48. The van der Waals surface area contributed by atoms with Crippen molar-refractivity contribution in [3.8, 4) is 45.0 Å². The number of anilines is 6. The summed E-state index contributed by atoms with van der Waals surface area (Å²) in [5, 5.41) is 4.63. The molecule has 0 radical (unpaired) electrons. The number of hydrogen-bond acceptors (Lipinski definition) is 5. The Hall–Kier alpha value is -7.60. The molecule has 2 aliphatic heterocycles. The minimum Gasteiger partial charge on any atom is -0.453 e. The molecule has 0 fully saturated rings. The van der Waals surface area contributed by atoms with Crippen molar-refractivity contribution in [3.63, 3.8) is 0 Å². The molecule has 0 saturated heterocycles. The Morgan fingerprint density at radius 1 is 0.444 bits per heavy atom. The Kier molecular flexibility index (Phi) is 7.85. The zero-order chi connectivity index (χ0) is 41.8. The number of pyridine rings is 1. The number of fused-ring (bicyclic) bond motifs is 9. The Labute approximate surface area is 370 Å². The van der Waals surface area contributed by atoms with E-state index in [0.717, 1.165) is 61.7 Å². The van der Waals surface area contributed by atoms with Gasteiger partial charge in [0.2, 0.25) is 0 Å². The third-order valence-electron chi connectivity index (χ3n) is 13.3. The number of hydrogen-bond donors (Lipinski definition) is 0. The van der Waals surface area contributed by atoms with Gasteiger partial charge in [-0.3, -0.25) is 4.98 Å². The van der Waals surface area contributed by atoms with Crippen molar-refractivity contribution in [2.24, 2.45) is 0 Å². The van der Waals surface area contributed by atoms with Crippen LogP contribution in [0.1, 0.15) is 25.0 Å². The van der Waals surface area contributed by atoms with Gasteiger partial charge in [0.25, 0.3) is 0 Å². The highest BCUT2D eigenvalue weighted by Gasteiger charge is 2.36. The van der Waals surface area contributed by atoms with Crippen molar-refractivity contribution < 1.29 is 4.74 Å². The van der Waals surface area contributed by atoms with Crippen LogP contribution in [0.4, 0.5) is 34.1 Å². The van der Waals surface area contributed by atoms with Gasteiger partial charge in [0.1, 0.15) is 0 Å². The van der Waals surface area contributed by atoms with Crippen LogP contribution in [0.3, 0.4) is 0 Å². The van der Waals surface area contributed by atoms with E-state index in [1.807, 2.05) is 36.2 Å². The average Bonchev–Trinajstić information content (AvgIpc) is 3.56. The second-order valence-electron chi connectivity index (χ2n) is 17.1. The van der Waals surface area contributed by atoms with Crippen molar-refractivity contribution in [1.82, 2.24) is 4.98 Å². The summed E-state index contributed by atoms with van der Waals surface area (Å²) in [5.41, 5.74) is 16.2. The molecule has 298 valence electrons. The molecule has 0 atom stereocenters. The second-order valence-corrected chi connectivity index (χ2v) is 18.2. The monoisotopic (exact) mass is 825 g/mol. The first kappa shape index (κ1) is 36.1. The van der Waals surface area contributed by atoms with E-state index in [9.17, 15) is 0 Å². The molecule has 3 aliphatic rings. The van der Waals surface area contributed by atoms with Crippen LogP contribution in [-0.4, -0.2) is 4.98 Å². The molecule has 0 amide bonds. The first-order chi connectivity index (χ1) is 31.0. The van der Waals surface area contributed by atoms with Crippen LogP contribution in [0.15, 0.2) is 210 Å². The molecule has 10 aromatic rings. The molecule has 9 aromatic carbocycles. The molecule has 1 aliphatic carbocycles. The molecule has 5 heteroatoms. The van der Waals surface area contributed by atoms with Gasteiger partial charge >= 0.3 is 0 Å². The van der Waals surface area contributed by atoms with Crippen molar-refractivity contribution >= 4 is 67.4 Å². The van der Waals surface area contributed by atoms with E-state index in [4.69, 9.17) is 9.72 Å². The first-order valence-corrected chi connectivity index (χ1v) is 22.3. The van der Waals surface area contributed by atoms with Gasteiger partial charge < -0.3 is 14.5 Å². The van der Waals surface area contributed by atoms with Crippen LogP contribution in [-0.2, 0) is 5.41 Å². The van der Waals surface area contributed by atoms with Gasteiger partial charge in [0.15, 0.2) is 11.5 Å². The highest BCUT2D eigenvalue weighted by atomic mass is 32.2. The second kappa shape index (κ2) is 13.7. The van der Waals surface area contributed by atoms with E-state index in [-0.39, 0.29) is 5.41 Å². The zero-order valence-electron chi connectivity index (χ0n) is 34.7. The fraction of sp³-hybridized carbons (Fsp3) is 0.0517. The number of rotatable bonds is 4. The molecule has 0 spiro atoms. The summed E-state index contributed by atoms with van der Waals surface area (Å²) in [4.78, 5) is 12.3. The smallest absolute Gasteiger partial charge is 0.151 e. The first-order valence-electron chi connectivity index (χ1n) is 21.5. The molecule has 1 aromatic heterocycles. The van der Waals surface area contributed by atoms with Gasteiger partial charge in [0, 0.05) is 38.3 Å². The number of nitrogens with zero attached hydrogens (tertiary/aromatic N) is 3. The fourth-order valence-corrected chi connectivity index (χ4v) is 11.5. The molecule has 0 saturated carbocycles. The van der Waals surface area contributed by atoms with Crippen molar-refractivity contribution in [2.75, 3.05) is 9.80 Å². The zero-order valence-corrected chi connectivity index (χ0v) is 35.5. The van der Waals surface area contributed by atoms with Crippen molar-refractivity contribution in [3.05, 3.63) is 211 Å². The largest absolute Gasteiger partial charge is 0.453 e. The lowest BCUT2D eigenvalue weighted by atomic mass is 9.80. The van der Waals surface area contributed by atoms with Crippen LogP contribution >= 0.6 is 11.8 Å². The van der Waals surface area contributed by atoms with Gasteiger partial charge in [-0.2, -0.15) is 0 Å². The van der Waals surface area contributed by atoms with Gasteiger partial charge in [0.05, 0.1) is 28.4 Å². The quantitative estimate of drug-likeness (QED) is 0.165. The van der Waals surface area contributed by atoms with Crippen LogP contribution in [0, 0.1) is 0 Å². The Balaban J connectivity index is 1.13. The minimum atomic E-state index is -0.159. The molecule has 3 heterocycles. The van der Waals surface area contributed by atoms with Crippen molar-refractivity contribution in [1.29, 1.82) is 0 Å². The topological polar surface area (TPSA) is 28.6 Å². The highest BCUT2D eigenvalue weighted by molar-refractivity contribution is 7.99. The SMILES string of the molecule is CC1(C)c2ccccc2-c2ccc(-c3c4cc(N5c6ccccc6Oc6ccccc65)ccc4c(-c4ccccn4)c4cc(N5c6ccccc6Sc6ccccc65)ccc34)cc21. The summed E-state index contributed by atoms with van der Waals surface area (Å²) >= 11 is 1.83. The van der Waals surface area contributed by atoms with Gasteiger partial charge in [-0.05, 0) is 146 Å².